The van der Waals surface area contributed by atoms with Gasteiger partial charge in [-0.05, 0) is 55.3 Å². The summed E-state index contributed by atoms with van der Waals surface area (Å²) in [7, 11) is -2.07. The van der Waals surface area contributed by atoms with Gasteiger partial charge in [-0.25, -0.2) is 12.8 Å². The Kier molecular flexibility index (Phi) is 7.07. The standard InChI is InChI=1S/C22H26FN3O4S/c1-15(27)24-17-10-13-20(23)21(14-17)25-22(28)16-8-11-19(12-9-16)31(29,30)26(2)18-6-4-3-5-7-18/h8-14,18H,3-7H2,1-2H3,(H,24,27)(H,25,28). The molecule has 0 aliphatic heterocycles. The number of hydrogen-bond acceptors (Lipinski definition) is 4. The van der Waals surface area contributed by atoms with Crippen molar-refractivity contribution in [1.29, 1.82) is 0 Å². The lowest BCUT2D eigenvalue weighted by Crippen LogP contribution is -2.38. The molecule has 0 unspecified atom stereocenters. The van der Waals surface area contributed by atoms with Crippen molar-refractivity contribution >= 4 is 33.2 Å². The van der Waals surface area contributed by atoms with Crippen molar-refractivity contribution in [3.63, 3.8) is 0 Å². The fourth-order valence-corrected chi connectivity index (χ4v) is 5.10. The first kappa shape index (κ1) is 22.9. The molecule has 2 amide bonds. The van der Waals surface area contributed by atoms with Gasteiger partial charge in [-0.2, -0.15) is 4.31 Å². The Balaban J connectivity index is 1.74. The van der Waals surface area contributed by atoms with Crippen LogP contribution in [0.15, 0.2) is 47.4 Å². The van der Waals surface area contributed by atoms with Crippen LogP contribution < -0.4 is 10.6 Å². The van der Waals surface area contributed by atoms with E-state index in [-0.39, 0.29) is 28.1 Å². The first-order valence-electron chi connectivity index (χ1n) is 10.1. The molecule has 2 aromatic rings. The number of amides is 2. The number of carbonyl (C=O) groups is 2. The lowest BCUT2D eigenvalue weighted by Gasteiger charge is -2.30. The Morgan fingerprint density at radius 1 is 1.00 bits per heavy atom. The van der Waals surface area contributed by atoms with E-state index in [1.807, 2.05) is 0 Å². The van der Waals surface area contributed by atoms with Crippen LogP contribution in [-0.2, 0) is 14.8 Å². The molecule has 1 aliphatic carbocycles. The molecule has 0 aromatic heterocycles. The van der Waals surface area contributed by atoms with Crippen LogP contribution in [0.25, 0.3) is 0 Å². The molecule has 2 N–H and O–H groups in total. The molecule has 0 spiro atoms. The number of carbonyl (C=O) groups excluding carboxylic acids is 2. The van der Waals surface area contributed by atoms with Gasteiger partial charge in [-0.15, -0.1) is 0 Å². The summed E-state index contributed by atoms with van der Waals surface area (Å²) in [6.07, 6.45) is 4.86. The number of nitrogens with one attached hydrogen (secondary N) is 2. The summed E-state index contributed by atoms with van der Waals surface area (Å²) in [5.74, 6) is -1.57. The van der Waals surface area contributed by atoms with E-state index in [1.54, 1.807) is 7.05 Å². The fraction of sp³-hybridized carbons (Fsp3) is 0.364. The van der Waals surface area contributed by atoms with Crippen molar-refractivity contribution in [3.8, 4) is 0 Å². The number of rotatable bonds is 6. The highest BCUT2D eigenvalue weighted by Crippen LogP contribution is 2.27. The zero-order chi connectivity index (χ0) is 22.6. The van der Waals surface area contributed by atoms with E-state index >= 15 is 0 Å². The highest BCUT2D eigenvalue weighted by molar-refractivity contribution is 7.89. The minimum atomic E-state index is -3.66. The monoisotopic (exact) mass is 447 g/mol. The second kappa shape index (κ2) is 9.57. The molecule has 1 aliphatic rings. The molecule has 2 aromatic carbocycles. The van der Waals surface area contributed by atoms with Crippen molar-refractivity contribution in [2.75, 3.05) is 17.7 Å². The molecule has 1 saturated carbocycles. The smallest absolute Gasteiger partial charge is 0.255 e. The topological polar surface area (TPSA) is 95.6 Å². The fourth-order valence-electron chi connectivity index (χ4n) is 3.68. The molecular weight excluding hydrogens is 421 g/mol. The predicted molar refractivity (Wildman–Crippen MR) is 117 cm³/mol. The number of sulfonamides is 1. The number of halogens is 1. The molecule has 3 rings (SSSR count). The summed E-state index contributed by atoms with van der Waals surface area (Å²) < 4.78 is 41.3. The molecule has 0 heterocycles. The third kappa shape index (κ3) is 5.48. The van der Waals surface area contributed by atoms with Gasteiger partial charge in [0.15, 0.2) is 0 Å². The van der Waals surface area contributed by atoms with Gasteiger partial charge in [-0.3, -0.25) is 9.59 Å². The van der Waals surface area contributed by atoms with Gasteiger partial charge in [0.2, 0.25) is 15.9 Å². The minimum absolute atomic E-state index is 0.0133. The van der Waals surface area contributed by atoms with Gasteiger partial charge >= 0.3 is 0 Å². The van der Waals surface area contributed by atoms with Gasteiger partial charge in [0.1, 0.15) is 5.82 Å². The van der Waals surface area contributed by atoms with E-state index in [2.05, 4.69) is 10.6 Å². The van der Waals surface area contributed by atoms with Crippen molar-refractivity contribution in [3.05, 3.63) is 53.8 Å². The van der Waals surface area contributed by atoms with Crippen molar-refractivity contribution in [2.24, 2.45) is 0 Å². The van der Waals surface area contributed by atoms with Gasteiger partial charge in [0.05, 0.1) is 10.6 Å². The van der Waals surface area contributed by atoms with E-state index in [4.69, 9.17) is 0 Å². The molecule has 0 radical (unpaired) electrons. The lowest BCUT2D eigenvalue weighted by molar-refractivity contribution is -0.114. The van der Waals surface area contributed by atoms with Crippen LogP contribution in [0, 0.1) is 5.82 Å². The molecule has 0 bridgehead atoms. The summed E-state index contributed by atoms with van der Waals surface area (Å²) in [4.78, 5) is 23.8. The number of hydrogen-bond donors (Lipinski definition) is 2. The zero-order valence-electron chi connectivity index (χ0n) is 17.5. The molecule has 1 fully saturated rings. The predicted octanol–water partition coefficient (Wildman–Crippen LogP) is 3.99. The zero-order valence-corrected chi connectivity index (χ0v) is 18.3. The van der Waals surface area contributed by atoms with Gasteiger partial charge in [-0.1, -0.05) is 19.3 Å². The van der Waals surface area contributed by atoms with Crippen molar-refractivity contribution < 1.29 is 22.4 Å². The van der Waals surface area contributed by atoms with Crippen molar-refractivity contribution in [1.82, 2.24) is 4.31 Å². The van der Waals surface area contributed by atoms with E-state index in [9.17, 15) is 22.4 Å². The molecular formula is C22H26FN3O4S. The molecule has 166 valence electrons. The SMILES string of the molecule is CC(=O)Nc1ccc(F)c(NC(=O)c2ccc(S(=O)(=O)N(C)C3CCCCC3)cc2)c1. The quantitative estimate of drug-likeness (QED) is 0.700. The van der Waals surface area contributed by atoms with Gasteiger partial charge in [0.25, 0.3) is 5.91 Å². The number of nitrogens with zero attached hydrogens (tertiary/aromatic N) is 1. The molecule has 31 heavy (non-hydrogen) atoms. The summed E-state index contributed by atoms with van der Waals surface area (Å²) in [6.45, 7) is 1.32. The van der Waals surface area contributed by atoms with Crippen LogP contribution in [0.5, 0.6) is 0 Å². The Labute approximate surface area is 181 Å². The summed E-state index contributed by atoms with van der Waals surface area (Å²) >= 11 is 0. The number of benzene rings is 2. The lowest BCUT2D eigenvalue weighted by atomic mass is 9.96. The minimum Gasteiger partial charge on any atom is -0.326 e. The van der Waals surface area contributed by atoms with Gasteiger partial charge in [0, 0.05) is 31.3 Å². The normalized spacial score (nSPS) is 15.0. The first-order chi connectivity index (χ1) is 14.7. The third-order valence-electron chi connectivity index (χ3n) is 5.42. The van der Waals surface area contributed by atoms with Crippen molar-refractivity contribution in [2.45, 2.75) is 50.0 Å². The molecule has 7 nitrogen and oxygen atoms in total. The van der Waals surface area contributed by atoms with Crippen LogP contribution in [0.4, 0.5) is 15.8 Å². The van der Waals surface area contributed by atoms with E-state index < -0.39 is 21.7 Å². The maximum Gasteiger partial charge on any atom is 0.255 e. The van der Waals surface area contributed by atoms with Crippen LogP contribution in [0.2, 0.25) is 0 Å². The Hall–Kier alpha value is -2.78. The average molecular weight is 448 g/mol. The Bertz CT molecular complexity index is 1060. The largest absolute Gasteiger partial charge is 0.326 e. The Morgan fingerprint density at radius 2 is 1.65 bits per heavy atom. The van der Waals surface area contributed by atoms with E-state index in [1.165, 1.54) is 47.6 Å². The summed E-state index contributed by atoms with van der Waals surface area (Å²) in [5, 5.41) is 4.97. The van der Waals surface area contributed by atoms with E-state index in [0.29, 0.717) is 5.69 Å². The molecule has 0 atom stereocenters. The second-order valence-corrected chi connectivity index (χ2v) is 9.66. The van der Waals surface area contributed by atoms with Gasteiger partial charge < -0.3 is 10.6 Å². The molecule has 9 heteroatoms. The molecule has 0 saturated heterocycles. The summed E-state index contributed by atoms with van der Waals surface area (Å²) in [6, 6.07) is 9.37. The maximum atomic E-state index is 14.1. The first-order valence-corrected chi connectivity index (χ1v) is 11.6. The summed E-state index contributed by atoms with van der Waals surface area (Å²) in [5.41, 5.74) is 0.435. The number of anilines is 2. The Morgan fingerprint density at radius 3 is 2.26 bits per heavy atom. The van der Waals surface area contributed by atoms with Crippen LogP contribution in [0.1, 0.15) is 49.4 Å². The van der Waals surface area contributed by atoms with Crippen LogP contribution >= 0.6 is 0 Å². The highest BCUT2D eigenvalue weighted by Gasteiger charge is 2.29. The maximum absolute atomic E-state index is 14.1. The third-order valence-corrected chi connectivity index (χ3v) is 7.34. The average Bonchev–Trinajstić information content (AvgIpc) is 2.75. The van der Waals surface area contributed by atoms with E-state index in [0.717, 1.165) is 38.2 Å². The van der Waals surface area contributed by atoms with Crippen LogP contribution in [0.3, 0.4) is 0 Å². The second-order valence-electron chi connectivity index (χ2n) is 7.67. The van der Waals surface area contributed by atoms with Crippen LogP contribution in [-0.4, -0.2) is 37.6 Å². The highest BCUT2D eigenvalue weighted by atomic mass is 32.2.